The number of hydrogen-bond acceptors (Lipinski definition) is 2. The minimum Gasteiger partial charge on any atom is -0.331 e. The third-order valence-electron chi connectivity index (χ3n) is 0.932. The van der Waals surface area contributed by atoms with Crippen molar-refractivity contribution >= 4 is 13.9 Å². The molecule has 0 saturated carbocycles. The number of pyridine rings is 1. The summed E-state index contributed by atoms with van der Waals surface area (Å²) in [6.45, 7) is 0. The van der Waals surface area contributed by atoms with Gasteiger partial charge in [-0.25, -0.2) is 0 Å². The summed E-state index contributed by atoms with van der Waals surface area (Å²) < 4.78 is 10.2. The molecule has 0 aliphatic heterocycles. The second kappa shape index (κ2) is 3.34. The molecular weight excluding hydrogens is 151 g/mol. The molecule has 0 fully saturated rings. The van der Waals surface area contributed by atoms with Gasteiger partial charge in [-0.15, -0.1) is 0 Å². The van der Waals surface area contributed by atoms with Crippen LogP contribution in [0.15, 0.2) is 24.5 Å². The second-order valence-corrected chi connectivity index (χ2v) is 2.53. The van der Waals surface area contributed by atoms with Crippen molar-refractivity contribution in [3.8, 4) is 0 Å². The van der Waals surface area contributed by atoms with Crippen LogP contribution in [0.25, 0.3) is 0 Å². The normalized spacial score (nSPS) is 12.5. The van der Waals surface area contributed by atoms with Gasteiger partial charge in [-0.3, -0.25) is 9.55 Å². The first-order chi connectivity index (χ1) is 4.79. The van der Waals surface area contributed by atoms with Crippen molar-refractivity contribution in [1.29, 1.82) is 0 Å². The average Bonchev–Trinajstić information content (AvgIpc) is 1.88. The SMILES string of the molecule is O=[PH](O)Nc1ccncc1. The molecule has 0 radical (unpaired) electrons. The molecule has 0 aliphatic rings. The van der Waals surface area contributed by atoms with Crippen LogP contribution < -0.4 is 5.09 Å². The number of hydrogen-bond donors (Lipinski definition) is 2. The highest BCUT2D eigenvalue weighted by atomic mass is 31.1. The van der Waals surface area contributed by atoms with Crippen molar-refractivity contribution in [3.63, 3.8) is 0 Å². The molecule has 1 heterocycles. The Bertz CT molecular complexity index is 226. The fourth-order valence-electron chi connectivity index (χ4n) is 0.559. The standard InChI is InChI=1S/C5H7N2O2P/c8-10(9)7-5-1-3-6-4-2-5/h1-4,10H,(H2,6,7,8,9). The van der Waals surface area contributed by atoms with Crippen molar-refractivity contribution in [3.05, 3.63) is 24.5 Å². The molecule has 0 aromatic carbocycles. The van der Waals surface area contributed by atoms with Gasteiger partial charge in [0.25, 0.3) is 8.18 Å². The van der Waals surface area contributed by atoms with E-state index in [1.165, 1.54) is 0 Å². The van der Waals surface area contributed by atoms with Gasteiger partial charge in [0.15, 0.2) is 0 Å². The zero-order chi connectivity index (χ0) is 7.40. The van der Waals surface area contributed by atoms with Crippen molar-refractivity contribution < 1.29 is 9.46 Å². The van der Waals surface area contributed by atoms with E-state index in [0.29, 0.717) is 5.69 Å². The summed E-state index contributed by atoms with van der Waals surface area (Å²) in [4.78, 5) is 12.2. The Morgan fingerprint density at radius 1 is 1.50 bits per heavy atom. The second-order valence-electron chi connectivity index (χ2n) is 1.67. The van der Waals surface area contributed by atoms with Gasteiger partial charge in [-0.05, 0) is 12.1 Å². The summed E-state index contributed by atoms with van der Waals surface area (Å²) in [7, 11) is -2.61. The van der Waals surface area contributed by atoms with Crippen molar-refractivity contribution in [2.45, 2.75) is 0 Å². The highest BCUT2D eigenvalue weighted by Gasteiger charge is 1.90. The Kier molecular flexibility index (Phi) is 2.42. The van der Waals surface area contributed by atoms with E-state index in [0.717, 1.165) is 0 Å². The van der Waals surface area contributed by atoms with Gasteiger partial charge in [0.2, 0.25) is 0 Å². The Morgan fingerprint density at radius 3 is 2.60 bits per heavy atom. The van der Waals surface area contributed by atoms with Gasteiger partial charge in [-0.1, -0.05) is 0 Å². The third kappa shape index (κ3) is 2.17. The van der Waals surface area contributed by atoms with Gasteiger partial charge in [0.1, 0.15) is 0 Å². The number of rotatable bonds is 2. The Morgan fingerprint density at radius 2 is 2.10 bits per heavy atom. The topological polar surface area (TPSA) is 62.2 Å². The first-order valence-corrected chi connectivity index (χ1v) is 4.04. The molecule has 0 spiro atoms. The predicted octanol–water partition coefficient (Wildman–Crippen LogP) is 0.875. The van der Waals surface area contributed by atoms with Crippen LogP contribution in [0.2, 0.25) is 0 Å². The zero-order valence-electron chi connectivity index (χ0n) is 5.11. The van der Waals surface area contributed by atoms with Crippen LogP contribution in [-0.2, 0) is 4.57 Å². The van der Waals surface area contributed by atoms with Gasteiger partial charge in [0.05, 0.1) is 0 Å². The minimum atomic E-state index is -2.61. The molecule has 4 nitrogen and oxygen atoms in total. The third-order valence-corrected chi connectivity index (χ3v) is 1.43. The number of aromatic nitrogens is 1. The van der Waals surface area contributed by atoms with Crippen molar-refractivity contribution in [2.75, 3.05) is 5.09 Å². The lowest BCUT2D eigenvalue weighted by atomic mass is 10.4. The van der Waals surface area contributed by atoms with E-state index in [-0.39, 0.29) is 0 Å². The smallest absolute Gasteiger partial charge is 0.279 e. The predicted molar refractivity (Wildman–Crippen MR) is 39.1 cm³/mol. The highest BCUT2D eigenvalue weighted by Crippen LogP contribution is 2.17. The van der Waals surface area contributed by atoms with Crippen LogP contribution in [0.3, 0.4) is 0 Å². The molecule has 0 aliphatic carbocycles. The fraction of sp³-hybridized carbons (Fsp3) is 0. The maximum atomic E-state index is 10.2. The van der Waals surface area contributed by atoms with Crippen LogP contribution in [-0.4, -0.2) is 9.88 Å². The maximum absolute atomic E-state index is 10.2. The molecule has 0 amide bonds. The van der Waals surface area contributed by atoms with Crippen LogP contribution in [0.4, 0.5) is 5.69 Å². The van der Waals surface area contributed by atoms with Gasteiger partial charge >= 0.3 is 0 Å². The zero-order valence-corrected chi connectivity index (χ0v) is 6.11. The minimum absolute atomic E-state index is 0.612. The van der Waals surface area contributed by atoms with Crippen LogP contribution in [0.1, 0.15) is 0 Å². The van der Waals surface area contributed by atoms with Crippen LogP contribution >= 0.6 is 8.18 Å². The Hall–Kier alpha value is -0.860. The molecule has 2 N–H and O–H groups in total. The molecule has 1 atom stereocenters. The summed E-state index contributed by atoms with van der Waals surface area (Å²) in [6, 6.07) is 3.25. The van der Waals surface area contributed by atoms with Crippen LogP contribution in [0.5, 0.6) is 0 Å². The molecule has 54 valence electrons. The van der Waals surface area contributed by atoms with E-state index in [4.69, 9.17) is 4.89 Å². The lowest BCUT2D eigenvalue weighted by Gasteiger charge is -1.98. The van der Waals surface area contributed by atoms with Gasteiger partial charge < -0.3 is 9.98 Å². The summed E-state index contributed by atoms with van der Waals surface area (Å²) in [5.41, 5.74) is 0.612. The fourth-order valence-corrected chi connectivity index (χ4v) is 0.972. The molecule has 0 saturated heterocycles. The summed E-state index contributed by atoms with van der Waals surface area (Å²) >= 11 is 0. The van der Waals surface area contributed by atoms with Gasteiger partial charge in [-0.2, -0.15) is 0 Å². The Balaban J connectivity index is 2.67. The van der Waals surface area contributed by atoms with E-state index in [1.807, 2.05) is 0 Å². The Labute approximate surface area is 58.8 Å². The molecule has 1 aromatic heterocycles. The molecule has 5 heteroatoms. The molecule has 10 heavy (non-hydrogen) atoms. The van der Waals surface area contributed by atoms with Crippen molar-refractivity contribution in [2.24, 2.45) is 0 Å². The molecule has 1 unspecified atom stereocenters. The molecular formula is C5H7N2O2P. The van der Waals surface area contributed by atoms with E-state index in [1.54, 1.807) is 24.5 Å². The maximum Gasteiger partial charge on any atom is 0.279 e. The summed E-state index contributed by atoms with van der Waals surface area (Å²) in [5, 5.41) is 2.37. The quantitative estimate of drug-likeness (QED) is 0.627. The van der Waals surface area contributed by atoms with Crippen LogP contribution in [0, 0.1) is 0 Å². The van der Waals surface area contributed by atoms with Crippen molar-refractivity contribution in [1.82, 2.24) is 4.98 Å². The monoisotopic (exact) mass is 158 g/mol. The number of anilines is 1. The lowest BCUT2D eigenvalue weighted by Crippen LogP contribution is -1.83. The average molecular weight is 158 g/mol. The van der Waals surface area contributed by atoms with E-state index in [2.05, 4.69) is 10.1 Å². The summed E-state index contributed by atoms with van der Waals surface area (Å²) in [5.74, 6) is 0. The molecule has 1 aromatic rings. The molecule has 1 rings (SSSR count). The molecule has 0 bridgehead atoms. The first kappa shape index (κ1) is 7.25. The van der Waals surface area contributed by atoms with E-state index < -0.39 is 8.18 Å². The summed E-state index contributed by atoms with van der Waals surface area (Å²) in [6.07, 6.45) is 3.10. The number of nitrogens with one attached hydrogen (secondary N) is 1. The van der Waals surface area contributed by atoms with E-state index >= 15 is 0 Å². The largest absolute Gasteiger partial charge is 0.331 e. The first-order valence-electron chi connectivity index (χ1n) is 2.69. The van der Waals surface area contributed by atoms with Gasteiger partial charge in [0, 0.05) is 18.1 Å². The lowest BCUT2D eigenvalue weighted by molar-refractivity contribution is 0.508. The van der Waals surface area contributed by atoms with E-state index in [9.17, 15) is 4.57 Å². The highest BCUT2D eigenvalue weighted by molar-refractivity contribution is 7.39. The number of nitrogens with zero attached hydrogens (tertiary/aromatic N) is 1.